The first-order chi connectivity index (χ1) is 14.0. The molecule has 0 aliphatic carbocycles. The topological polar surface area (TPSA) is 122 Å². The predicted octanol–water partition coefficient (Wildman–Crippen LogP) is 3.27. The van der Waals surface area contributed by atoms with Gasteiger partial charge in [-0.2, -0.15) is 0 Å². The molecule has 0 bridgehead atoms. The molecular formula is C20H19ClN4O5. The smallest absolute Gasteiger partial charge is 0.319 e. The number of urea groups is 1. The number of nitro groups is 1. The van der Waals surface area contributed by atoms with Crippen LogP contribution in [0.1, 0.15) is 23.6 Å². The van der Waals surface area contributed by atoms with Crippen LogP contribution in [0.2, 0.25) is 5.02 Å². The van der Waals surface area contributed by atoms with Crippen molar-refractivity contribution in [1.82, 2.24) is 10.2 Å². The molecule has 4 amide bonds. The van der Waals surface area contributed by atoms with Gasteiger partial charge in [0.05, 0.1) is 4.92 Å². The summed E-state index contributed by atoms with van der Waals surface area (Å²) in [4.78, 5) is 49.3. The fourth-order valence-electron chi connectivity index (χ4n) is 3.20. The number of carbonyl (C=O) groups is 3. The molecule has 2 N–H and O–H groups in total. The van der Waals surface area contributed by atoms with Gasteiger partial charge in [-0.05, 0) is 55.7 Å². The number of imide groups is 1. The highest BCUT2D eigenvalue weighted by Crippen LogP contribution is 2.30. The summed E-state index contributed by atoms with van der Waals surface area (Å²) in [5.74, 6) is -1.34. The molecule has 2 aromatic carbocycles. The van der Waals surface area contributed by atoms with Crippen LogP contribution in [0.3, 0.4) is 0 Å². The molecule has 0 saturated carbocycles. The lowest BCUT2D eigenvalue weighted by Gasteiger charge is -2.22. The highest BCUT2D eigenvalue weighted by Gasteiger charge is 2.49. The number of hydrogen-bond acceptors (Lipinski definition) is 5. The first-order valence-electron chi connectivity index (χ1n) is 8.98. The van der Waals surface area contributed by atoms with Gasteiger partial charge in [-0.15, -0.1) is 0 Å². The van der Waals surface area contributed by atoms with Crippen molar-refractivity contribution in [2.75, 3.05) is 11.9 Å². The maximum absolute atomic E-state index is 12.9. The Morgan fingerprint density at radius 2 is 1.80 bits per heavy atom. The molecule has 0 radical (unpaired) electrons. The second-order valence-corrected chi connectivity index (χ2v) is 7.65. The van der Waals surface area contributed by atoms with E-state index in [0.29, 0.717) is 16.1 Å². The number of nitrogens with zero attached hydrogens (tertiary/aromatic N) is 2. The molecule has 1 fully saturated rings. The van der Waals surface area contributed by atoms with Gasteiger partial charge in [0.15, 0.2) is 0 Å². The minimum Gasteiger partial charge on any atom is -0.319 e. The van der Waals surface area contributed by atoms with Crippen molar-refractivity contribution in [3.63, 3.8) is 0 Å². The van der Waals surface area contributed by atoms with Crippen LogP contribution in [-0.2, 0) is 15.1 Å². The Morgan fingerprint density at radius 1 is 1.20 bits per heavy atom. The van der Waals surface area contributed by atoms with E-state index in [1.54, 1.807) is 38.1 Å². The summed E-state index contributed by atoms with van der Waals surface area (Å²) in [5.41, 5.74) is 0.343. The lowest BCUT2D eigenvalue weighted by molar-refractivity contribution is -0.384. The summed E-state index contributed by atoms with van der Waals surface area (Å²) < 4.78 is 0. The summed E-state index contributed by atoms with van der Waals surface area (Å²) in [6.07, 6.45) is 0. The Bertz CT molecular complexity index is 1070. The van der Waals surface area contributed by atoms with Crippen LogP contribution in [0.15, 0.2) is 36.4 Å². The Hall–Kier alpha value is -3.46. The maximum Gasteiger partial charge on any atom is 0.325 e. The van der Waals surface area contributed by atoms with Crippen molar-refractivity contribution in [3.05, 3.63) is 68.2 Å². The molecule has 30 heavy (non-hydrogen) atoms. The van der Waals surface area contributed by atoms with E-state index >= 15 is 0 Å². The van der Waals surface area contributed by atoms with Crippen LogP contribution < -0.4 is 10.6 Å². The van der Waals surface area contributed by atoms with Gasteiger partial charge in [-0.3, -0.25) is 24.6 Å². The summed E-state index contributed by atoms with van der Waals surface area (Å²) >= 11 is 5.88. The van der Waals surface area contributed by atoms with Crippen LogP contribution >= 0.6 is 11.6 Å². The quantitative estimate of drug-likeness (QED) is 0.428. The number of anilines is 1. The zero-order valence-corrected chi connectivity index (χ0v) is 17.2. The van der Waals surface area contributed by atoms with E-state index in [1.807, 2.05) is 0 Å². The zero-order valence-electron chi connectivity index (χ0n) is 16.5. The highest BCUT2D eigenvalue weighted by molar-refractivity contribution is 6.30. The van der Waals surface area contributed by atoms with Crippen LogP contribution in [0, 0.1) is 24.0 Å². The molecule has 3 rings (SSSR count). The van der Waals surface area contributed by atoms with E-state index in [9.17, 15) is 24.5 Å². The normalized spacial score (nSPS) is 18.3. The number of nitro benzene ring substituents is 1. The molecule has 9 nitrogen and oxygen atoms in total. The lowest BCUT2D eigenvalue weighted by atomic mass is 9.92. The number of carbonyl (C=O) groups excluding carboxylic acids is 3. The monoisotopic (exact) mass is 430 g/mol. The molecular weight excluding hydrogens is 412 g/mol. The van der Waals surface area contributed by atoms with Gasteiger partial charge < -0.3 is 10.6 Å². The minimum absolute atomic E-state index is 0.000571. The number of rotatable bonds is 5. The van der Waals surface area contributed by atoms with E-state index in [2.05, 4.69) is 10.6 Å². The van der Waals surface area contributed by atoms with Gasteiger partial charge in [0, 0.05) is 11.1 Å². The molecule has 0 spiro atoms. The van der Waals surface area contributed by atoms with Crippen LogP contribution in [0.4, 0.5) is 16.2 Å². The van der Waals surface area contributed by atoms with Gasteiger partial charge in [-0.1, -0.05) is 23.7 Å². The van der Waals surface area contributed by atoms with E-state index in [4.69, 9.17) is 11.6 Å². The first kappa shape index (κ1) is 21.3. The van der Waals surface area contributed by atoms with Gasteiger partial charge in [-0.25, -0.2) is 4.79 Å². The Labute approximate surface area is 177 Å². The largest absolute Gasteiger partial charge is 0.325 e. The predicted molar refractivity (Wildman–Crippen MR) is 110 cm³/mol. The number of nitrogens with one attached hydrogen (secondary N) is 2. The number of aryl methyl sites for hydroxylation is 2. The number of benzene rings is 2. The van der Waals surface area contributed by atoms with Gasteiger partial charge in [0.25, 0.3) is 11.6 Å². The van der Waals surface area contributed by atoms with Crippen molar-refractivity contribution in [1.29, 1.82) is 0 Å². The molecule has 156 valence electrons. The van der Waals surface area contributed by atoms with E-state index < -0.39 is 34.9 Å². The average molecular weight is 431 g/mol. The van der Waals surface area contributed by atoms with Crippen LogP contribution in [0.25, 0.3) is 0 Å². The van der Waals surface area contributed by atoms with E-state index in [1.165, 1.54) is 19.1 Å². The molecule has 0 unspecified atom stereocenters. The molecule has 1 aliphatic heterocycles. The van der Waals surface area contributed by atoms with Crippen molar-refractivity contribution in [3.8, 4) is 0 Å². The summed E-state index contributed by atoms with van der Waals surface area (Å²) in [7, 11) is 0. The van der Waals surface area contributed by atoms with Gasteiger partial charge in [0.2, 0.25) is 5.91 Å². The molecule has 0 aromatic heterocycles. The van der Waals surface area contributed by atoms with Gasteiger partial charge in [0.1, 0.15) is 17.8 Å². The fraction of sp³-hybridized carbons (Fsp3) is 0.250. The Balaban J connectivity index is 1.80. The molecule has 1 heterocycles. The number of amides is 4. The third-order valence-corrected chi connectivity index (χ3v) is 5.33. The maximum atomic E-state index is 12.9. The second-order valence-electron chi connectivity index (χ2n) is 7.21. The third kappa shape index (κ3) is 3.84. The zero-order chi connectivity index (χ0) is 22.2. The van der Waals surface area contributed by atoms with E-state index in [-0.39, 0.29) is 11.4 Å². The van der Waals surface area contributed by atoms with Crippen molar-refractivity contribution >= 4 is 40.8 Å². The van der Waals surface area contributed by atoms with Crippen molar-refractivity contribution in [2.24, 2.45) is 0 Å². The van der Waals surface area contributed by atoms with E-state index in [0.717, 1.165) is 10.5 Å². The second kappa shape index (κ2) is 7.75. The number of halogens is 1. The highest BCUT2D eigenvalue weighted by atomic mass is 35.5. The molecule has 1 aliphatic rings. The minimum atomic E-state index is -1.35. The van der Waals surface area contributed by atoms with Gasteiger partial charge >= 0.3 is 6.03 Å². The molecule has 1 saturated heterocycles. The van der Waals surface area contributed by atoms with Crippen molar-refractivity contribution in [2.45, 2.75) is 26.3 Å². The Kier molecular flexibility index (Phi) is 5.49. The summed E-state index contributed by atoms with van der Waals surface area (Å²) in [5, 5.41) is 16.8. The molecule has 1 atom stereocenters. The standard InChI is InChI=1S/C20H19ClN4O5/c1-11-8-15(16(25(29)30)9-12(11)2)22-17(26)10-24-18(27)20(3,23-19(24)28)13-4-6-14(21)7-5-13/h4-9H,10H2,1-3H3,(H,22,26)(H,23,28)/t20-/m0/s1. The fourth-order valence-corrected chi connectivity index (χ4v) is 3.33. The number of hydrogen-bond donors (Lipinski definition) is 2. The Morgan fingerprint density at radius 3 is 2.40 bits per heavy atom. The summed E-state index contributed by atoms with van der Waals surface area (Å²) in [6.45, 7) is 4.42. The third-order valence-electron chi connectivity index (χ3n) is 5.08. The lowest BCUT2D eigenvalue weighted by Crippen LogP contribution is -2.42. The molecule has 2 aromatic rings. The first-order valence-corrected chi connectivity index (χ1v) is 9.36. The van der Waals surface area contributed by atoms with Crippen LogP contribution in [-0.4, -0.2) is 34.2 Å². The molecule has 10 heteroatoms. The summed E-state index contributed by atoms with van der Waals surface area (Å²) in [6, 6.07) is 8.52. The van der Waals surface area contributed by atoms with Crippen LogP contribution in [0.5, 0.6) is 0 Å². The average Bonchev–Trinajstić information content (AvgIpc) is 2.88. The SMILES string of the molecule is Cc1cc(NC(=O)CN2C(=O)N[C@@](C)(c3ccc(Cl)cc3)C2=O)c([N+](=O)[O-])cc1C. The van der Waals surface area contributed by atoms with Crippen molar-refractivity contribution < 1.29 is 19.3 Å².